The lowest BCUT2D eigenvalue weighted by molar-refractivity contribution is -0.384. The van der Waals surface area contributed by atoms with Gasteiger partial charge in [-0.3, -0.25) is 14.9 Å². The van der Waals surface area contributed by atoms with Crippen LogP contribution in [0.25, 0.3) is 16.8 Å². The SMILES string of the molecule is COc1cc(/C=C(\C#N)C(=O)Nc2ccc(Cl)c([N+](=O)[O-])c2)cc(I)c1OCc1cccc2ccccc12. The van der Waals surface area contributed by atoms with Gasteiger partial charge in [0, 0.05) is 11.8 Å². The number of fused-ring (bicyclic) bond motifs is 1. The van der Waals surface area contributed by atoms with Crippen LogP contribution in [0.2, 0.25) is 5.02 Å². The Kier molecular flexibility index (Phi) is 8.45. The van der Waals surface area contributed by atoms with Crippen molar-refractivity contribution in [1.82, 2.24) is 0 Å². The van der Waals surface area contributed by atoms with Crippen LogP contribution >= 0.6 is 34.2 Å². The molecule has 0 atom stereocenters. The van der Waals surface area contributed by atoms with Crippen molar-refractivity contribution < 1.29 is 19.2 Å². The van der Waals surface area contributed by atoms with Gasteiger partial charge in [0.15, 0.2) is 11.5 Å². The first kappa shape index (κ1) is 26.9. The number of nitriles is 1. The number of nitro benzene ring substituents is 1. The smallest absolute Gasteiger partial charge is 0.289 e. The summed E-state index contributed by atoms with van der Waals surface area (Å²) in [5.41, 5.74) is 1.14. The van der Waals surface area contributed by atoms with Crippen LogP contribution in [0.5, 0.6) is 11.5 Å². The van der Waals surface area contributed by atoms with Gasteiger partial charge < -0.3 is 14.8 Å². The Morgan fingerprint density at radius 1 is 1.16 bits per heavy atom. The molecule has 0 aliphatic carbocycles. The molecule has 8 nitrogen and oxygen atoms in total. The number of nitrogens with one attached hydrogen (secondary N) is 1. The number of hydrogen-bond donors (Lipinski definition) is 1. The summed E-state index contributed by atoms with van der Waals surface area (Å²) in [5.74, 6) is 0.249. The summed E-state index contributed by atoms with van der Waals surface area (Å²) in [6, 6.07) is 23.2. The molecule has 0 aliphatic heterocycles. The van der Waals surface area contributed by atoms with Crippen molar-refractivity contribution in [3.8, 4) is 17.6 Å². The van der Waals surface area contributed by atoms with E-state index >= 15 is 0 Å². The molecule has 0 radical (unpaired) electrons. The molecule has 0 heterocycles. The number of anilines is 1. The van der Waals surface area contributed by atoms with Crippen molar-refractivity contribution in [3.05, 3.63) is 108 Å². The van der Waals surface area contributed by atoms with Crippen LogP contribution in [-0.4, -0.2) is 17.9 Å². The number of methoxy groups -OCH3 is 1. The first-order valence-electron chi connectivity index (χ1n) is 11.1. The molecular weight excluding hydrogens is 621 g/mol. The monoisotopic (exact) mass is 639 g/mol. The molecule has 0 bridgehead atoms. The Morgan fingerprint density at radius 3 is 2.66 bits per heavy atom. The summed E-state index contributed by atoms with van der Waals surface area (Å²) in [7, 11) is 1.51. The van der Waals surface area contributed by atoms with Gasteiger partial charge >= 0.3 is 0 Å². The largest absolute Gasteiger partial charge is 0.493 e. The molecule has 0 aromatic heterocycles. The average Bonchev–Trinajstić information content (AvgIpc) is 2.91. The van der Waals surface area contributed by atoms with E-state index in [0.29, 0.717) is 23.7 Å². The number of carbonyl (C=O) groups excluding carboxylic acids is 1. The fourth-order valence-corrected chi connectivity index (χ4v) is 4.74. The van der Waals surface area contributed by atoms with E-state index in [9.17, 15) is 20.2 Å². The number of amides is 1. The van der Waals surface area contributed by atoms with Crippen molar-refractivity contribution in [3.63, 3.8) is 0 Å². The van der Waals surface area contributed by atoms with Crippen molar-refractivity contribution in [2.75, 3.05) is 12.4 Å². The second-order valence-corrected chi connectivity index (χ2v) is 9.58. The number of nitrogens with zero attached hydrogens (tertiary/aromatic N) is 2. The zero-order valence-corrected chi connectivity index (χ0v) is 22.8. The summed E-state index contributed by atoms with van der Waals surface area (Å²) >= 11 is 7.93. The Hall–Kier alpha value is -4.14. The van der Waals surface area contributed by atoms with E-state index in [1.54, 1.807) is 12.1 Å². The molecular formula is C28H19ClIN3O5. The van der Waals surface area contributed by atoms with E-state index < -0.39 is 10.8 Å². The molecule has 0 spiro atoms. The Balaban J connectivity index is 1.57. The van der Waals surface area contributed by atoms with Crippen molar-refractivity contribution >= 4 is 68.3 Å². The van der Waals surface area contributed by atoms with Gasteiger partial charge in [0.25, 0.3) is 11.6 Å². The molecule has 1 N–H and O–H groups in total. The Labute approximate surface area is 236 Å². The molecule has 190 valence electrons. The van der Waals surface area contributed by atoms with Gasteiger partial charge in [-0.2, -0.15) is 5.26 Å². The van der Waals surface area contributed by atoms with Gasteiger partial charge in [-0.25, -0.2) is 0 Å². The van der Waals surface area contributed by atoms with Crippen molar-refractivity contribution in [1.29, 1.82) is 5.26 Å². The summed E-state index contributed by atoms with van der Waals surface area (Å²) in [4.78, 5) is 23.2. The topological polar surface area (TPSA) is 114 Å². The number of carbonyl (C=O) groups is 1. The summed E-state index contributed by atoms with van der Waals surface area (Å²) in [5, 5.41) is 25.4. The quantitative estimate of drug-likeness (QED) is 0.0721. The van der Waals surface area contributed by atoms with Gasteiger partial charge in [0.1, 0.15) is 23.3 Å². The minimum atomic E-state index is -0.727. The van der Waals surface area contributed by atoms with Crippen molar-refractivity contribution in [2.24, 2.45) is 0 Å². The van der Waals surface area contributed by atoms with E-state index in [4.69, 9.17) is 21.1 Å². The molecule has 0 fully saturated rings. The van der Waals surface area contributed by atoms with Gasteiger partial charge in [-0.1, -0.05) is 54.1 Å². The first-order chi connectivity index (χ1) is 18.3. The van der Waals surface area contributed by atoms with Crippen LogP contribution < -0.4 is 14.8 Å². The standard InChI is InChI=1S/C28H19ClIN3O5/c1-37-26-13-17(11-20(15-31)28(34)32-21-9-10-23(29)25(14-21)33(35)36)12-24(30)27(26)38-16-19-7-4-6-18-5-2-3-8-22(18)19/h2-14H,16H2,1H3,(H,32,34)/b20-11+. The highest BCUT2D eigenvalue weighted by Gasteiger charge is 2.17. The maximum Gasteiger partial charge on any atom is 0.289 e. The predicted molar refractivity (Wildman–Crippen MR) is 154 cm³/mol. The third-order valence-corrected chi connectivity index (χ3v) is 6.70. The zero-order valence-electron chi connectivity index (χ0n) is 19.9. The third-order valence-electron chi connectivity index (χ3n) is 5.58. The number of rotatable bonds is 8. The molecule has 0 saturated heterocycles. The van der Waals surface area contributed by atoms with Crippen molar-refractivity contribution in [2.45, 2.75) is 6.61 Å². The number of hydrogen-bond acceptors (Lipinski definition) is 6. The van der Waals surface area contributed by atoms with E-state index in [2.05, 4.69) is 27.9 Å². The van der Waals surface area contributed by atoms with E-state index in [-0.39, 0.29) is 22.0 Å². The molecule has 0 unspecified atom stereocenters. The number of nitro groups is 1. The van der Waals surface area contributed by atoms with E-state index in [0.717, 1.165) is 26.0 Å². The molecule has 4 rings (SSSR count). The second-order valence-electron chi connectivity index (χ2n) is 8.01. The molecule has 4 aromatic rings. The van der Waals surface area contributed by atoms with Crippen LogP contribution in [0.4, 0.5) is 11.4 Å². The highest BCUT2D eigenvalue weighted by molar-refractivity contribution is 14.1. The lowest BCUT2D eigenvalue weighted by atomic mass is 10.1. The molecule has 38 heavy (non-hydrogen) atoms. The summed E-state index contributed by atoms with van der Waals surface area (Å²) in [6.45, 7) is 0.321. The van der Waals surface area contributed by atoms with Crippen LogP contribution in [0.15, 0.2) is 78.4 Å². The van der Waals surface area contributed by atoms with Gasteiger partial charge in [0.2, 0.25) is 0 Å². The minimum absolute atomic E-state index is 0.0616. The molecule has 4 aromatic carbocycles. The lowest BCUT2D eigenvalue weighted by Gasteiger charge is -2.15. The average molecular weight is 640 g/mol. The van der Waals surface area contributed by atoms with Crippen LogP contribution in [-0.2, 0) is 11.4 Å². The second kappa shape index (κ2) is 11.9. The molecule has 0 aliphatic rings. The number of benzene rings is 4. The highest BCUT2D eigenvalue weighted by Crippen LogP contribution is 2.36. The maximum absolute atomic E-state index is 12.7. The van der Waals surface area contributed by atoms with E-state index in [1.807, 2.05) is 48.5 Å². The normalized spacial score (nSPS) is 11.1. The molecule has 1 amide bonds. The van der Waals surface area contributed by atoms with Crippen LogP contribution in [0.1, 0.15) is 11.1 Å². The fraction of sp³-hybridized carbons (Fsp3) is 0.0714. The maximum atomic E-state index is 12.7. The fourth-order valence-electron chi connectivity index (χ4n) is 3.78. The Bertz CT molecular complexity index is 1630. The minimum Gasteiger partial charge on any atom is -0.493 e. The van der Waals surface area contributed by atoms with Crippen LogP contribution in [0, 0.1) is 25.0 Å². The van der Waals surface area contributed by atoms with Gasteiger partial charge in [0.05, 0.1) is 15.6 Å². The van der Waals surface area contributed by atoms with Gasteiger partial charge in [-0.15, -0.1) is 0 Å². The predicted octanol–water partition coefficient (Wildman–Crippen LogP) is 7.14. The first-order valence-corrected chi connectivity index (χ1v) is 12.6. The van der Waals surface area contributed by atoms with E-state index in [1.165, 1.54) is 25.3 Å². The number of ether oxygens (including phenoxy) is 2. The Morgan fingerprint density at radius 2 is 1.92 bits per heavy atom. The highest BCUT2D eigenvalue weighted by atomic mass is 127. The summed E-state index contributed by atoms with van der Waals surface area (Å²) in [6.07, 6.45) is 1.40. The molecule has 10 heteroatoms. The zero-order chi connectivity index (χ0) is 27.2. The van der Waals surface area contributed by atoms with Gasteiger partial charge in [-0.05, 0) is 74.8 Å². The summed E-state index contributed by atoms with van der Waals surface area (Å²) < 4.78 is 12.4. The lowest BCUT2D eigenvalue weighted by Crippen LogP contribution is -2.13. The third kappa shape index (κ3) is 6.04. The van der Waals surface area contributed by atoms with Crippen LogP contribution in [0.3, 0.4) is 0 Å². The molecule has 0 saturated carbocycles. The number of halogens is 2.